The lowest BCUT2D eigenvalue weighted by Crippen LogP contribution is -1.92. The fourth-order valence-electron chi connectivity index (χ4n) is 1.45. The van der Waals surface area contributed by atoms with E-state index in [1.165, 1.54) is 12.1 Å². The second-order valence-electron chi connectivity index (χ2n) is 3.54. The van der Waals surface area contributed by atoms with E-state index in [1.807, 2.05) is 37.3 Å². The largest absolute Gasteiger partial charge is 0.253 e. The molecule has 0 amide bonds. The van der Waals surface area contributed by atoms with Crippen molar-refractivity contribution in [3.05, 3.63) is 66.0 Å². The second-order valence-corrected chi connectivity index (χ2v) is 3.54. The van der Waals surface area contributed by atoms with Crippen LogP contribution in [0.25, 0.3) is 0 Å². The van der Waals surface area contributed by atoms with Crippen molar-refractivity contribution in [2.45, 2.75) is 6.92 Å². The van der Waals surface area contributed by atoms with Crippen molar-refractivity contribution >= 4 is 11.4 Å². The predicted octanol–water partition coefficient (Wildman–Crippen LogP) is 3.97. The Hall–Kier alpha value is -1.96. The minimum absolute atomic E-state index is 0.240. The van der Waals surface area contributed by atoms with E-state index in [2.05, 4.69) is 4.99 Å². The van der Waals surface area contributed by atoms with Gasteiger partial charge in [0.15, 0.2) is 0 Å². The maximum absolute atomic E-state index is 12.7. The van der Waals surface area contributed by atoms with Crippen molar-refractivity contribution in [1.29, 1.82) is 0 Å². The first kappa shape index (κ1) is 10.6. The van der Waals surface area contributed by atoms with Crippen LogP contribution in [-0.4, -0.2) is 5.71 Å². The first-order valence-electron chi connectivity index (χ1n) is 5.12. The van der Waals surface area contributed by atoms with Gasteiger partial charge in [-0.05, 0) is 36.8 Å². The molecular formula is C14H12FN. The lowest BCUT2D eigenvalue weighted by atomic mass is 10.1. The third-order valence-electron chi connectivity index (χ3n) is 2.31. The molecule has 0 aliphatic rings. The van der Waals surface area contributed by atoms with Gasteiger partial charge in [0.05, 0.1) is 5.69 Å². The number of hydrogen-bond donors (Lipinski definition) is 0. The normalized spacial score (nSPS) is 11.5. The maximum atomic E-state index is 12.7. The number of rotatable bonds is 2. The van der Waals surface area contributed by atoms with E-state index < -0.39 is 0 Å². The van der Waals surface area contributed by atoms with Gasteiger partial charge in [-0.1, -0.05) is 30.3 Å². The summed E-state index contributed by atoms with van der Waals surface area (Å²) in [5.41, 5.74) is 2.77. The van der Waals surface area contributed by atoms with Crippen molar-refractivity contribution in [2.75, 3.05) is 0 Å². The number of hydrogen-bond acceptors (Lipinski definition) is 1. The molecule has 0 saturated heterocycles. The first-order valence-corrected chi connectivity index (χ1v) is 5.12. The molecule has 0 radical (unpaired) electrons. The third kappa shape index (κ3) is 2.54. The van der Waals surface area contributed by atoms with Gasteiger partial charge in [0.25, 0.3) is 0 Å². The van der Waals surface area contributed by atoms with Gasteiger partial charge in [-0.15, -0.1) is 0 Å². The van der Waals surface area contributed by atoms with Gasteiger partial charge in [0.2, 0.25) is 0 Å². The summed E-state index contributed by atoms with van der Waals surface area (Å²) < 4.78 is 12.7. The van der Waals surface area contributed by atoms with Gasteiger partial charge in [-0.25, -0.2) is 4.39 Å². The maximum Gasteiger partial charge on any atom is 0.123 e. The van der Waals surface area contributed by atoms with Crippen LogP contribution in [0.2, 0.25) is 0 Å². The molecule has 0 aromatic heterocycles. The quantitative estimate of drug-likeness (QED) is 0.669. The molecule has 0 atom stereocenters. The fraction of sp³-hybridized carbons (Fsp3) is 0.0714. The van der Waals surface area contributed by atoms with Gasteiger partial charge in [0.1, 0.15) is 5.82 Å². The van der Waals surface area contributed by atoms with Crippen LogP contribution < -0.4 is 0 Å². The molecule has 1 nitrogen and oxygen atoms in total. The molecule has 2 aromatic carbocycles. The van der Waals surface area contributed by atoms with Crippen LogP contribution >= 0.6 is 0 Å². The van der Waals surface area contributed by atoms with Gasteiger partial charge in [0, 0.05) is 5.71 Å². The van der Waals surface area contributed by atoms with E-state index in [4.69, 9.17) is 0 Å². The minimum atomic E-state index is -0.240. The second kappa shape index (κ2) is 4.71. The topological polar surface area (TPSA) is 12.4 Å². The summed E-state index contributed by atoms with van der Waals surface area (Å²) in [7, 11) is 0. The Morgan fingerprint density at radius 1 is 0.938 bits per heavy atom. The summed E-state index contributed by atoms with van der Waals surface area (Å²) >= 11 is 0. The van der Waals surface area contributed by atoms with Crippen LogP contribution in [-0.2, 0) is 0 Å². The van der Waals surface area contributed by atoms with Crippen LogP contribution in [0.4, 0.5) is 10.1 Å². The molecular weight excluding hydrogens is 201 g/mol. The molecule has 0 unspecified atom stereocenters. The predicted molar refractivity (Wildman–Crippen MR) is 64.7 cm³/mol. The molecule has 2 aromatic rings. The highest BCUT2D eigenvalue weighted by atomic mass is 19.1. The number of halogens is 1. The molecule has 0 bridgehead atoms. The van der Waals surface area contributed by atoms with E-state index in [-0.39, 0.29) is 5.82 Å². The van der Waals surface area contributed by atoms with Crippen LogP contribution in [0.1, 0.15) is 12.5 Å². The molecule has 2 rings (SSSR count). The number of benzene rings is 2. The van der Waals surface area contributed by atoms with Gasteiger partial charge in [-0.3, -0.25) is 4.99 Å². The van der Waals surface area contributed by atoms with Crippen molar-refractivity contribution in [1.82, 2.24) is 0 Å². The Morgan fingerprint density at radius 2 is 1.56 bits per heavy atom. The Bertz CT molecular complexity index is 486. The lowest BCUT2D eigenvalue weighted by Gasteiger charge is -2.00. The Kier molecular flexibility index (Phi) is 3.10. The van der Waals surface area contributed by atoms with Crippen molar-refractivity contribution in [3.63, 3.8) is 0 Å². The average Bonchev–Trinajstić information content (AvgIpc) is 2.33. The highest BCUT2D eigenvalue weighted by Gasteiger charge is 1.96. The summed E-state index contributed by atoms with van der Waals surface area (Å²) in [5, 5.41) is 0. The minimum Gasteiger partial charge on any atom is -0.253 e. The fourth-order valence-corrected chi connectivity index (χ4v) is 1.45. The van der Waals surface area contributed by atoms with Crippen LogP contribution in [0.15, 0.2) is 59.6 Å². The highest BCUT2D eigenvalue weighted by Crippen LogP contribution is 2.14. The zero-order chi connectivity index (χ0) is 11.4. The molecule has 0 heterocycles. The average molecular weight is 213 g/mol. The Labute approximate surface area is 94.3 Å². The Morgan fingerprint density at radius 3 is 2.19 bits per heavy atom. The van der Waals surface area contributed by atoms with Crippen LogP contribution in [0, 0.1) is 5.82 Å². The number of aliphatic imine (C=N–C) groups is 1. The summed E-state index contributed by atoms with van der Waals surface area (Å²) in [5.74, 6) is -0.240. The lowest BCUT2D eigenvalue weighted by molar-refractivity contribution is 0.628. The third-order valence-corrected chi connectivity index (χ3v) is 2.31. The van der Waals surface area contributed by atoms with E-state index >= 15 is 0 Å². The molecule has 0 N–H and O–H groups in total. The van der Waals surface area contributed by atoms with E-state index in [0.29, 0.717) is 0 Å². The number of nitrogens with zero attached hydrogens (tertiary/aromatic N) is 1. The SMILES string of the molecule is C/C(=N/c1ccc(F)cc1)c1ccccc1. The molecule has 2 heteroatoms. The standard InChI is InChI=1S/C14H12FN/c1-11(12-5-3-2-4-6-12)16-14-9-7-13(15)8-10-14/h2-10H,1H3/b16-11-. The van der Waals surface area contributed by atoms with E-state index in [0.717, 1.165) is 17.0 Å². The molecule has 0 aliphatic heterocycles. The summed E-state index contributed by atoms with van der Waals surface area (Å²) in [6, 6.07) is 16.1. The molecule has 0 saturated carbocycles. The molecule has 80 valence electrons. The molecule has 16 heavy (non-hydrogen) atoms. The summed E-state index contributed by atoms with van der Waals surface area (Å²) in [6.45, 7) is 1.94. The van der Waals surface area contributed by atoms with Gasteiger partial charge in [-0.2, -0.15) is 0 Å². The summed E-state index contributed by atoms with van der Waals surface area (Å²) in [6.07, 6.45) is 0. The van der Waals surface area contributed by atoms with Crippen molar-refractivity contribution in [3.8, 4) is 0 Å². The van der Waals surface area contributed by atoms with Gasteiger partial charge < -0.3 is 0 Å². The van der Waals surface area contributed by atoms with E-state index in [1.54, 1.807) is 12.1 Å². The zero-order valence-corrected chi connectivity index (χ0v) is 9.02. The Balaban J connectivity index is 2.28. The van der Waals surface area contributed by atoms with Crippen LogP contribution in [0.3, 0.4) is 0 Å². The van der Waals surface area contributed by atoms with E-state index in [9.17, 15) is 4.39 Å². The van der Waals surface area contributed by atoms with Gasteiger partial charge >= 0.3 is 0 Å². The monoisotopic (exact) mass is 213 g/mol. The smallest absolute Gasteiger partial charge is 0.123 e. The van der Waals surface area contributed by atoms with Crippen molar-refractivity contribution < 1.29 is 4.39 Å². The molecule has 0 spiro atoms. The summed E-state index contributed by atoms with van der Waals surface area (Å²) in [4.78, 5) is 4.42. The molecule has 0 aliphatic carbocycles. The van der Waals surface area contributed by atoms with Crippen molar-refractivity contribution in [2.24, 2.45) is 4.99 Å². The van der Waals surface area contributed by atoms with Crippen LogP contribution in [0.5, 0.6) is 0 Å². The highest BCUT2D eigenvalue weighted by molar-refractivity contribution is 6.00. The first-order chi connectivity index (χ1) is 7.75. The zero-order valence-electron chi connectivity index (χ0n) is 9.02. The molecule has 0 fully saturated rings.